The Balaban J connectivity index is 1.91. The molecule has 0 amide bonds. The molecule has 1 fully saturated rings. The van der Waals surface area contributed by atoms with E-state index in [1.54, 1.807) is 13.2 Å². The second-order valence-electron chi connectivity index (χ2n) is 4.72. The van der Waals surface area contributed by atoms with Gasteiger partial charge in [-0.15, -0.1) is 0 Å². The molecule has 116 valence electrons. The van der Waals surface area contributed by atoms with Crippen LogP contribution in [0.25, 0.3) is 0 Å². The molecule has 1 atom stereocenters. The summed E-state index contributed by atoms with van der Waals surface area (Å²) in [6.07, 6.45) is 0.0945. The zero-order valence-electron chi connectivity index (χ0n) is 12.0. The van der Waals surface area contributed by atoms with Crippen LogP contribution in [0.1, 0.15) is 11.1 Å². The first kappa shape index (κ1) is 15.6. The first-order valence-electron chi connectivity index (χ1n) is 6.79. The summed E-state index contributed by atoms with van der Waals surface area (Å²) in [5, 5.41) is 15.0. The fraction of sp³-hybridized carbons (Fsp3) is 0.500. The molecule has 1 saturated heterocycles. The van der Waals surface area contributed by atoms with E-state index >= 15 is 0 Å². The molecule has 1 aliphatic heterocycles. The predicted octanol–water partition coefficient (Wildman–Crippen LogP) is 0.295. The fourth-order valence-corrected chi connectivity index (χ4v) is 2.14. The van der Waals surface area contributed by atoms with Crippen molar-refractivity contribution in [3.63, 3.8) is 0 Å². The number of methoxy groups -OCH3 is 1. The maximum absolute atomic E-state index is 8.73. The summed E-state index contributed by atoms with van der Waals surface area (Å²) in [6, 6.07) is 5.53. The highest BCUT2D eigenvalue weighted by atomic mass is 16.6. The number of benzene rings is 1. The molecule has 21 heavy (non-hydrogen) atoms. The van der Waals surface area contributed by atoms with Gasteiger partial charge in [0.1, 0.15) is 5.75 Å². The number of hydrogen-bond donors (Lipinski definition) is 3. The third-order valence-corrected chi connectivity index (χ3v) is 3.24. The summed E-state index contributed by atoms with van der Waals surface area (Å²) >= 11 is 0. The quantitative estimate of drug-likeness (QED) is 0.302. The number of oxime groups is 1. The number of amidine groups is 1. The van der Waals surface area contributed by atoms with Gasteiger partial charge >= 0.3 is 0 Å². The SMILES string of the molecule is COc1cc(CNCC2COCCO2)ccc1/C(N)=N/O. The topological polar surface area (TPSA) is 98.3 Å². The highest BCUT2D eigenvalue weighted by Gasteiger charge is 2.14. The molecule has 1 aliphatic rings. The average Bonchev–Trinajstić information content (AvgIpc) is 2.55. The lowest BCUT2D eigenvalue weighted by Crippen LogP contribution is -2.37. The summed E-state index contributed by atoms with van der Waals surface area (Å²) < 4.78 is 16.2. The number of hydrogen-bond acceptors (Lipinski definition) is 6. The Morgan fingerprint density at radius 1 is 1.52 bits per heavy atom. The second-order valence-corrected chi connectivity index (χ2v) is 4.72. The summed E-state index contributed by atoms with van der Waals surface area (Å²) in [5.74, 6) is 0.598. The Labute approximate surface area is 123 Å². The van der Waals surface area contributed by atoms with Crippen molar-refractivity contribution in [2.24, 2.45) is 10.9 Å². The number of nitrogens with zero attached hydrogens (tertiary/aromatic N) is 1. The van der Waals surface area contributed by atoms with Gasteiger partial charge in [0.05, 0.1) is 38.6 Å². The van der Waals surface area contributed by atoms with E-state index in [-0.39, 0.29) is 11.9 Å². The standard InChI is InChI=1S/C14H21N3O4/c1-19-13-6-10(2-3-12(13)14(15)17-18)7-16-8-11-9-20-4-5-21-11/h2-3,6,11,16,18H,4-5,7-9H2,1H3,(H2,15,17). The third-order valence-electron chi connectivity index (χ3n) is 3.24. The molecular weight excluding hydrogens is 274 g/mol. The van der Waals surface area contributed by atoms with Gasteiger partial charge in [-0.3, -0.25) is 0 Å². The largest absolute Gasteiger partial charge is 0.496 e. The molecule has 1 unspecified atom stereocenters. The minimum Gasteiger partial charge on any atom is -0.496 e. The van der Waals surface area contributed by atoms with Crippen molar-refractivity contribution in [2.75, 3.05) is 33.5 Å². The zero-order valence-corrected chi connectivity index (χ0v) is 12.0. The maximum Gasteiger partial charge on any atom is 0.173 e. The van der Waals surface area contributed by atoms with Crippen molar-refractivity contribution >= 4 is 5.84 Å². The van der Waals surface area contributed by atoms with Gasteiger partial charge in [-0.25, -0.2) is 0 Å². The van der Waals surface area contributed by atoms with Crippen molar-refractivity contribution in [3.8, 4) is 5.75 Å². The number of nitrogens with one attached hydrogen (secondary N) is 1. The smallest absolute Gasteiger partial charge is 0.173 e. The summed E-state index contributed by atoms with van der Waals surface area (Å²) in [4.78, 5) is 0. The van der Waals surface area contributed by atoms with E-state index in [0.29, 0.717) is 37.7 Å². The summed E-state index contributed by atoms with van der Waals surface area (Å²) in [6.45, 7) is 3.34. The van der Waals surface area contributed by atoms with E-state index in [1.807, 2.05) is 12.1 Å². The number of ether oxygens (including phenoxy) is 3. The van der Waals surface area contributed by atoms with E-state index in [9.17, 15) is 0 Å². The van der Waals surface area contributed by atoms with Gasteiger partial charge in [-0.05, 0) is 17.7 Å². The van der Waals surface area contributed by atoms with Gasteiger partial charge in [0.15, 0.2) is 5.84 Å². The molecular formula is C14H21N3O4. The van der Waals surface area contributed by atoms with Crippen LogP contribution in [0.5, 0.6) is 5.75 Å². The first-order valence-corrected chi connectivity index (χ1v) is 6.79. The number of rotatable bonds is 6. The highest BCUT2D eigenvalue weighted by molar-refractivity contribution is 5.99. The van der Waals surface area contributed by atoms with Gasteiger partial charge in [0, 0.05) is 13.1 Å². The normalized spacial score (nSPS) is 19.5. The first-order chi connectivity index (χ1) is 10.2. The summed E-state index contributed by atoms with van der Waals surface area (Å²) in [7, 11) is 1.55. The van der Waals surface area contributed by atoms with Gasteiger partial charge in [-0.2, -0.15) is 0 Å². The lowest BCUT2D eigenvalue weighted by atomic mass is 10.1. The van der Waals surface area contributed by atoms with Gasteiger partial charge < -0.3 is 30.5 Å². The van der Waals surface area contributed by atoms with E-state index < -0.39 is 0 Å². The second kappa shape index (κ2) is 7.82. The van der Waals surface area contributed by atoms with Gasteiger partial charge in [0.25, 0.3) is 0 Å². The van der Waals surface area contributed by atoms with Crippen LogP contribution in [0.15, 0.2) is 23.4 Å². The van der Waals surface area contributed by atoms with Crippen LogP contribution in [0, 0.1) is 0 Å². The Kier molecular flexibility index (Phi) is 5.79. The molecule has 4 N–H and O–H groups in total. The fourth-order valence-electron chi connectivity index (χ4n) is 2.14. The maximum atomic E-state index is 8.73. The molecule has 7 heteroatoms. The molecule has 0 spiro atoms. The van der Waals surface area contributed by atoms with Gasteiger partial charge in [0.2, 0.25) is 0 Å². The lowest BCUT2D eigenvalue weighted by molar-refractivity contribution is -0.0864. The molecule has 0 radical (unpaired) electrons. The van der Waals surface area contributed by atoms with Crippen LogP contribution in [-0.4, -0.2) is 50.6 Å². The highest BCUT2D eigenvalue weighted by Crippen LogP contribution is 2.20. The van der Waals surface area contributed by atoms with Crippen LogP contribution in [0.2, 0.25) is 0 Å². The van der Waals surface area contributed by atoms with Gasteiger partial charge in [-0.1, -0.05) is 11.2 Å². The van der Waals surface area contributed by atoms with Crippen molar-refractivity contribution in [2.45, 2.75) is 12.6 Å². The van der Waals surface area contributed by atoms with Crippen LogP contribution >= 0.6 is 0 Å². The predicted molar refractivity (Wildman–Crippen MR) is 77.8 cm³/mol. The van der Waals surface area contributed by atoms with E-state index in [2.05, 4.69) is 10.5 Å². The van der Waals surface area contributed by atoms with E-state index in [4.69, 9.17) is 25.2 Å². The molecule has 0 aliphatic carbocycles. The van der Waals surface area contributed by atoms with Crippen LogP contribution in [-0.2, 0) is 16.0 Å². The van der Waals surface area contributed by atoms with Crippen LogP contribution < -0.4 is 15.8 Å². The molecule has 2 rings (SSSR count). The van der Waals surface area contributed by atoms with Crippen LogP contribution in [0.4, 0.5) is 0 Å². The molecule has 0 aromatic heterocycles. The monoisotopic (exact) mass is 295 g/mol. The average molecular weight is 295 g/mol. The minimum absolute atomic E-state index is 0.0270. The molecule has 7 nitrogen and oxygen atoms in total. The minimum atomic E-state index is 0.0270. The van der Waals surface area contributed by atoms with Crippen molar-refractivity contribution < 1.29 is 19.4 Å². The van der Waals surface area contributed by atoms with Crippen molar-refractivity contribution in [3.05, 3.63) is 29.3 Å². The zero-order chi connectivity index (χ0) is 15.1. The Hall–Kier alpha value is -1.83. The molecule has 1 aromatic carbocycles. The molecule has 1 heterocycles. The van der Waals surface area contributed by atoms with E-state index in [1.165, 1.54) is 0 Å². The Bertz CT molecular complexity index is 487. The Morgan fingerprint density at radius 2 is 2.38 bits per heavy atom. The molecule has 0 saturated carbocycles. The number of nitrogens with two attached hydrogens (primary N) is 1. The van der Waals surface area contributed by atoms with Crippen molar-refractivity contribution in [1.29, 1.82) is 0 Å². The lowest BCUT2D eigenvalue weighted by Gasteiger charge is -2.23. The van der Waals surface area contributed by atoms with E-state index in [0.717, 1.165) is 12.1 Å². The Morgan fingerprint density at radius 3 is 3.05 bits per heavy atom. The van der Waals surface area contributed by atoms with Crippen LogP contribution in [0.3, 0.4) is 0 Å². The third kappa shape index (κ3) is 4.32. The molecule has 1 aromatic rings. The summed E-state index contributed by atoms with van der Waals surface area (Å²) in [5.41, 5.74) is 7.19. The molecule has 0 bridgehead atoms. The van der Waals surface area contributed by atoms with Crippen molar-refractivity contribution in [1.82, 2.24) is 5.32 Å².